The van der Waals surface area contributed by atoms with Crippen molar-refractivity contribution in [1.82, 2.24) is 9.97 Å². The average molecular weight is 619 g/mol. The number of nitrogens with zero attached hydrogens (tertiary/aromatic N) is 2. The van der Waals surface area contributed by atoms with Crippen LogP contribution in [-0.2, 0) is 5.41 Å². The third-order valence-electron chi connectivity index (χ3n) is 9.48. The molecule has 2 heteroatoms. The molecule has 0 aliphatic carbocycles. The minimum absolute atomic E-state index is 0.131. The highest BCUT2D eigenvalue weighted by atomic mass is 14.7. The van der Waals surface area contributed by atoms with Crippen LogP contribution in [-0.4, -0.2) is 9.97 Å². The molecule has 0 fully saturated rings. The second-order valence-electron chi connectivity index (χ2n) is 14.0. The number of rotatable bonds is 4. The monoisotopic (exact) mass is 618 g/mol. The maximum atomic E-state index is 5.27. The Bertz CT molecular complexity index is 2490. The van der Waals surface area contributed by atoms with E-state index in [-0.39, 0.29) is 5.41 Å². The molecule has 2 nitrogen and oxygen atoms in total. The van der Waals surface area contributed by atoms with Crippen molar-refractivity contribution in [3.05, 3.63) is 156 Å². The lowest BCUT2D eigenvalue weighted by Crippen LogP contribution is -2.13. The molecule has 0 aliphatic rings. The largest absolute Gasteiger partial charge is 0.252 e. The van der Waals surface area contributed by atoms with Crippen LogP contribution in [0.25, 0.3) is 77.1 Å². The van der Waals surface area contributed by atoms with Crippen molar-refractivity contribution in [2.75, 3.05) is 0 Å². The molecule has 2 aromatic heterocycles. The molecule has 0 amide bonds. The van der Waals surface area contributed by atoms with Gasteiger partial charge < -0.3 is 0 Å². The lowest BCUT2D eigenvalue weighted by molar-refractivity contribution is 0.597. The fourth-order valence-corrected chi connectivity index (χ4v) is 7.20. The molecule has 232 valence electrons. The van der Waals surface area contributed by atoms with Crippen molar-refractivity contribution in [2.24, 2.45) is 0 Å². The van der Waals surface area contributed by atoms with E-state index in [1.54, 1.807) is 0 Å². The number of hydrogen-bond donors (Lipinski definition) is 0. The van der Waals surface area contributed by atoms with Crippen LogP contribution >= 0.6 is 0 Å². The number of aryl methyl sites for hydroxylation is 2. The van der Waals surface area contributed by atoms with Gasteiger partial charge in [0.05, 0.1) is 11.0 Å². The molecule has 0 spiro atoms. The van der Waals surface area contributed by atoms with Crippen LogP contribution in [0.15, 0.2) is 140 Å². The van der Waals surface area contributed by atoms with Crippen LogP contribution in [0.5, 0.6) is 0 Å². The number of benzene rings is 6. The van der Waals surface area contributed by atoms with E-state index in [2.05, 4.69) is 174 Å². The third kappa shape index (κ3) is 5.24. The van der Waals surface area contributed by atoms with Crippen LogP contribution in [0.4, 0.5) is 0 Å². The maximum absolute atomic E-state index is 5.27. The molecule has 0 unspecified atom stereocenters. The van der Waals surface area contributed by atoms with E-state index >= 15 is 0 Å². The fraction of sp³-hybridized carbons (Fsp3) is 0.130. The SMILES string of the molecule is Cc1cc(-c2cccc(-c3ccccc3)c2)c2cc(C(C)(C)C)c3c(ccc4c(-c5cccc(-c6ccccc6)c5)cc(C)nc43)c2n1. The third-order valence-corrected chi connectivity index (χ3v) is 9.48. The zero-order chi connectivity index (χ0) is 33.0. The summed E-state index contributed by atoms with van der Waals surface area (Å²) < 4.78 is 0. The summed E-state index contributed by atoms with van der Waals surface area (Å²) in [6.07, 6.45) is 0. The van der Waals surface area contributed by atoms with Crippen molar-refractivity contribution in [3.63, 3.8) is 0 Å². The van der Waals surface area contributed by atoms with E-state index in [4.69, 9.17) is 9.97 Å². The molecule has 0 atom stereocenters. The Morgan fingerprint density at radius 3 is 1.40 bits per heavy atom. The molecule has 0 saturated carbocycles. The molecule has 48 heavy (non-hydrogen) atoms. The normalized spacial score (nSPS) is 11.9. The van der Waals surface area contributed by atoms with E-state index in [0.29, 0.717) is 0 Å². The Labute approximate surface area is 282 Å². The predicted octanol–water partition coefficient (Wildman–Crippen LogP) is 12.5. The van der Waals surface area contributed by atoms with Crippen LogP contribution in [0.1, 0.15) is 37.7 Å². The summed E-state index contributed by atoms with van der Waals surface area (Å²) in [6.45, 7) is 11.1. The second kappa shape index (κ2) is 11.6. The fourth-order valence-electron chi connectivity index (χ4n) is 7.20. The Kier molecular flexibility index (Phi) is 7.18. The van der Waals surface area contributed by atoms with Crippen molar-refractivity contribution in [3.8, 4) is 44.5 Å². The number of pyridine rings is 2. The number of aromatic nitrogens is 2. The van der Waals surface area contributed by atoms with Crippen LogP contribution in [0.2, 0.25) is 0 Å². The smallest absolute Gasteiger partial charge is 0.0793 e. The second-order valence-corrected chi connectivity index (χ2v) is 14.0. The highest BCUT2D eigenvalue weighted by molar-refractivity contribution is 6.20. The summed E-state index contributed by atoms with van der Waals surface area (Å²) in [6, 6.07) is 50.4. The maximum Gasteiger partial charge on any atom is 0.0793 e. The van der Waals surface area contributed by atoms with Crippen LogP contribution in [0.3, 0.4) is 0 Å². The minimum Gasteiger partial charge on any atom is -0.252 e. The number of hydrogen-bond acceptors (Lipinski definition) is 2. The minimum atomic E-state index is -0.131. The first kappa shape index (κ1) is 29.8. The van der Waals surface area contributed by atoms with Crippen molar-refractivity contribution in [2.45, 2.75) is 40.0 Å². The van der Waals surface area contributed by atoms with Gasteiger partial charge in [-0.05, 0) is 99.7 Å². The quantitative estimate of drug-likeness (QED) is 0.183. The molecule has 2 heterocycles. The lowest BCUT2D eigenvalue weighted by atomic mass is 9.80. The first-order chi connectivity index (χ1) is 23.2. The van der Waals surface area contributed by atoms with Crippen molar-refractivity contribution < 1.29 is 0 Å². The van der Waals surface area contributed by atoms with E-state index in [1.165, 1.54) is 60.8 Å². The molecule has 8 rings (SSSR count). The summed E-state index contributed by atoms with van der Waals surface area (Å²) in [4.78, 5) is 10.5. The molecule has 0 saturated heterocycles. The Morgan fingerprint density at radius 1 is 0.396 bits per heavy atom. The molecule has 8 aromatic rings. The molecular weight excluding hydrogens is 581 g/mol. The van der Waals surface area contributed by atoms with E-state index < -0.39 is 0 Å². The first-order valence-electron chi connectivity index (χ1n) is 16.8. The zero-order valence-electron chi connectivity index (χ0n) is 28.2. The Hall–Kier alpha value is -5.60. The standard InChI is InChI=1S/C46H38N2/c1-29-25-40(36-21-13-19-34(27-36)32-16-10-7-11-17-32)41-28-42(46(3,4)5)43-38(44(41)47-29)23-22-37-39(24-30(2)48-45(37)43)35-20-12-18-33(26-35)31-14-8-6-9-15-31/h6-28H,1-5H3. The van der Waals surface area contributed by atoms with Crippen molar-refractivity contribution >= 4 is 32.6 Å². The number of fused-ring (bicyclic) bond motifs is 5. The van der Waals surface area contributed by atoms with Gasteiger partial charge in [0.1, 0.15) is 0 Å². The summed E-state index contributed by atoms with van der Waals surface area (Å²) in [7, 11) is 0. The molecule has 6 aromatic carbocycles. The Balaban J connectivity index is 1.41. The summed E-state index contributed by atoms with van der Waals surface area (Å²) in [5.41, 5.74) is 14.9. The average Bonchev–Trinajstić information content (AvgIpc) is 3.11. The summed E-state index contributed by atoms with van der Waals surface area (Å²) >= 11 is 0. The van der Waals surface area contributed by atoms with Gasteiger partial charge in [-0.2, -0.15) is 0 Å². The predicted molar refractivity (Wildman–Crippen MR) is 204 cm³/mol. The summed E-state index contributed by atoms with van der Waals surface area (Å²) in [5, 5.41) is 4.67. The van der Waals surface area contributed by atoms with Gasteiger partial charge in [-0.25, -0.2) is 0 Å². The van der Waals surface area contributed by atoms with Crippen LogP contribution in [0, 0.1) is 13.8 Å². The molecule has 0 radical (unpaired) electrons. The van der Waals surface area contributed by atoms with Gasteiger partial charge in [0.15, 0.2) is 0 Å². The van der Waals surface area contributed by atoms with Crippen LogP contribution < -0.4 is 0 Å². The van der Waals surface area contributed by atoms with Gasteiger partial charge in [0.2, 0.25) is 0 Å². The van der Waals surface area contributed by atoms with E-state index in [9.17, 15) is 0 Å². The van der Waals surface area contributed by atoms with Gasteiger partial charge >= 0.3 is 0 Å². The van der Waals surface area contributed by atoms with Gasteiger partial charge in [-0.3, -0.25) is 9.97 Å². The van der Waals surface area contributed by atoms with Gasteiger partial charge in [0, 0.05) is 32.9 Å². The summed E-state index contributed by atoms with van der Waals surface area (Å²) in [5.74, 6) is 0. The molecule has 0 N–H and O–H groups in total. The zero-order valence-corrected chi connectivity index (χ0v) is 28.2. The van der Waals surface area contributed by atoms with Gasteiger partial charge in [0.25, 0.3) is 0 Å². The first-order valence-corrected chi connectivity index (χ1v) is 16.8. The van der Waals surface area contributed by atoms with Gasteiger partial charge in [-0.15, -0.1) is 0 Å². The van der Waals surface area contributed by atoms with Gasteiger partial charge in [-0.1, -0.05) is 130 Å². The van der Waals surface area contributed by atoms with Crippen molar-refractivity contribution in [1.29, 1.82) is 0 Å². The van der Waals surface area contributed by atoms with E-state index in [0.717, 1.165) is 33.2 Å². The molecule has 0 bridgehead atoms. The molecular formula is C46H38N2. The topological polar surface area (TPSA) is 25.8 Å². The Morgan fingerprint density at radius 2 is 0.854 bits per heavy atom. The van der Waals surface area contributed by atoms with E-state index in [1.807, 2.05) is 0 Å². The highest BCUT2D eigenvalue weighted by Crippen LogP contribution is 2.43. The lowest BCUT2D eigenvalue weighted by Gasteiger charge is -2.25. The highest BCUT2D eigenvalue weighted by Gasteiger charge is 2.24. The molecule has 0 aliphatic heterocycles.